The van der Waals surface area contributed by atoms with Gasteiger partial charge in [0.05, 0.1) is 12.2 Å². The molecule has 102 valence electrons. The Kier molecular flexibility index (Phi) is 7.04. The number of hydrogen-bond donors (Lipinski definition) is 4. The quantitative estimate of drug-likeness (QED) is 0.497. The lowest BCUT2D eigenvalue weighted by atomic mass is 9.84. The predicted molar refractivity (Wildman–Crippen MR) is 67.8 cm³/mol. The summed E-state index contributed by atoms with van der Waals surface area (Å²) in [6.07, 6.45) is 5.55. The first-order valence-electron chi connectivity index (χ1n) is 6.91. The Labute approximate surface area is 104 Å². The van der Waals surface area contributed by atoms with Gasteiger partial charge < -0.3 is 20.6 Å². The van der Waals surface area contributed by atoms with Gasteiger partial charge >= 0.3 is 0 Å². The molecule has 0 saturated carbocycles. The fourth-order valence-electron chi connectivity index (χ4n) is 2.59. The van der Waals surface area contributed by atoms with Crippen LogP contribution in [0.15, 0.2) is 0 Å². The number of aliphatic hydroxyl groups is 3. The zero-order chi connectivity index (χ0) is 12.7. The summed E-state index contributed by atoms with van der Waals surface area (Å²) in [7, 11) is 0. The molecule has 1 saturated heterocycles. The summed E-state index contributed by atoms with van der Waals surface area (Å²) in [6, 6.07) is 0.139. The summed E-state index contributed by atoms with van der Waals surface area (Å²) in [6.45, 7) is 2.56. The van der Waals surface area contributed by atoms with Crippen LogP contribution < -0.4 is 5.32 Å². The van der Waals surface area contributed by atoms with Crippen molar-refractivity contribution in [3.8, 4) is 0 Å². The lowest BCUT2D eigenvalue weighted by Crippen LogP contribution is -2.57. The van der Waals surface area contributed by atoms with Crippen LogP contribution in [-0.4, -0.2) is 46.7 Å². The predicted octanol–water partition coefficient (Wildman–Crippen LogP) is 0.649. The van der Waals surface area contributed by atoms with E-state index < -0.39 is 12.2 Å². The van der Waals surface area contributed by atoms with E-state index in [4.69, 9.17) is 0 Å². The lowest BCUT2D eigenvalue weighted by molar-refractivity contribution is -0.0679. The molecule has 17 heavy (non-hydrogen) atoms. The Hall–Kier alpha value is -0.160. The molecule has 1 aliphatic heterocycles. The van der Waals surface area contributed by atoms with Crippen LogP contribution in [0.5, 0.6) is 0 Å². The van der Waals surface area contributed by atoms with Crippen LogP contribution >= 0.6 is 0 Å². The van der Waals surface area contributed by atoms with Gasteiger partial charge in [-0.1, -0.05) is 39.0 Å². The van der Waals surface area contributed by atoms with E-state index in [0.717, 1.165) is 12.8 Å². The first-order chi connectivity index (χ1) is 8.20. The topological polar surface area (TPSA) is 72.7 Å². The Bertz CT molecular complexity index is 201. The van der Waals surface area contributed by atoms with Crippen molar-refractivity contribution >= 4 is 0 Å². The van der Waals surface area contributed by atoms with Crippen molar-refractivity contribution in [2.75, 3.05) is 13.2 Å². The minimum Gasteiger partial charge on any atom is -0.396 e. The zero-order valence-corrected chi connectivity index (χ0v) is 10.8. The number of rotatable bonds is 7. The second-order valence-corrected chi connectivity index (χ2v) is 5.12. The molecule has 0 bridgehead atoms. The van der Waals surface area contributed by atoms with Gasteiger partial charge in [0.15, 0.2) is 0 Å². The van der Waals surface area contributed by atoms with Gasteiger partial charge in [-0.3, -0.25) is 0 Å². The van der Waals surface area contributed by atoms with Crippen LogP contribution in [-0.2, 0) is 0 Å². The maximum Gasteiger partial charge on any atom is 0.0927 e. The third kappa shape index (κ3) is 4.54. The molecule has 1 aliphatic rings. The summed E-state index contributed by atoms with van der Waals surface area (Å²) >= 11 is 0. The third-order valence-corrected chi connectivity index (χ3v) is 3.77. The largest absolute Gasteiger partial charge is 0.396 e. The van der Waals surface area contributed by atoms with E-state index in [9.17, 15) is 15.3 Å². The van der Waals surface area contributed by atoms with Crippen LogP contribution in [0.4, 0.5) is 0 Å². The minimum absolute atomic E-state index is 0.0646. The van der Waals surface area contributed by atoms with Gasteiger partial charge in [0, 0.05) is 25.1 Å². The fourth-order valence-corrected chi connectivity index (χ4v) is 2.59. The van der Waals surface area contributed by atoms with Gasteiger partial charge in [-0.15, -0.1) is 0 Å². The average molecular weight is 245 g/mol. The normalized spacial score (nSPS) is 33.9. The average Bonchev–Trinajstić information content (AvgIpc) is 2.33. The number of hydrogen-bond acceptors (Lipinski definition) is 4. The van der Waals surface area contributed by atoms with Crippen LogP contribution in [0.25, 0.3) is 0 Å². The molecule has 0 aromatic rings. The molecule has 4 heteroatoms. The van der Waals surface area contributed by atoms with E-state index in [1.54, 1.807) is 0 Å². The van der Waals surface area contributed by atoms with Crippen molar-refractivity contribution in [1.29, 1.82) is 0 Å². The standard InChI is InChI=1S/C13H27NO3/c1-2-3-4-5-6-7-11-10(9-15)13(17)12(16)8-14-11/h10-17H,2-9H2,1H3/t10-,11-,12+,13+/m0/s1. The summed E-state index contributed by atoms with van der Waals surface area (Å²) in [5.41, 5.74) is 0. The first kappa shape index (κ1) is 14.9. The second kappa shape index (κ2) is 8.03. The molecule has 0 spiro atoms. The number of aliphatic hydroxyl groups excluding tert-OH is 3. The molecular weight excluding hydrogens is 218 g/mol. The molecule has 4 atom stereocenters. The Balaban J connectivity index is 2.26. The van der Waals surface area contributed by atoms with E-state index in [1.807, 2.05) is 0 Å². The van der Waals surface area contributed by atoms with E-state index in [2.05, 4.69) is 12.2 Å². The zero-order valence-electron chi connectivity index (χ0n) is 10.8. The Morgan fingerprint density at radius 3 is 2.47 bits per heavy atom. The number of piperidine rings is 1. The molecular formula is C13H27NO3. The van der Waals surface area contributed by atoms with Crippen molar-refractivity contribution < 1.29 is 15.3 Å². The van der Waals surface area contributed by atoms with Crippen LogP contribution in [0.2, 0.25) is 0 Å². The Morgan fingerprint density at radius 1 is 1.12 bits per heavy atom. The van der Waals surface area contributed by atoms with Gasteiger partial charge in [0.1, 0.15) is 0 Å². The van der Waals surface area contributed by atoms with E-state index in [-0.39, 0.29) is 18.6 Å². The van der Waals surface area contributed by atoms with Crippen molar-refractivity contribution in [3.63, 3.8) is 0 Å². The van der Waals surface area contributed by atoms with Crippen molar-refractivity contribution in [3.05, 3.63) is 0 Å². The smallest absolute Gasteiger partial charge is 0.0927 e. The molecule has 0 unspecified atom stereocenters. The van der Waals surface area contributed by atoms with Crippen LogP contribution in [0, 0.1) is 5.92 Å². The van der Waals surface area contributed by atoms with E-state index >= 15 is 0 Å². The van der Waals surface area contributed by atoms with Crippen molar-refractivity contribution in [2.24, 2.45) is 5.92 Å². The molecule has 0 aliphatic carbocycles. The highest BCUT2D eigenvalue weighted by Gasteiger charge is 2.36. The van der Waals surface area contributed by atoms with Crippen molar-refractivity contribution in [2.45, 2.75) is 63.7 Å². The highest BCUT2D eigenvalue weighted by atomic mass is 16.3. The van der Waals surface area contributed by atoms with Gasteiger partial charge in [0.2, 0.25) is 0 Å². The first-order valence-corrected chi connectivity index (χ1v) is 6.91. The highest BCUT2D eigenvalue weighted by Crippen LogP contribution is 2.21. The van der Waals surface area contributed by atoms with Gasteiger partial charge in [-0.2, -0.15) is 0 Å². The molecule has 1 heterocycles. The SMILES string of the molecule is CCCCCCC[C@@H]1NC[C@@H](O)[C@H](O)[C@H]1CO. The Morgan fingerprint density at radius 2 is 1.82 bits per heavy atom. The molecule has 1 fully saturated rings. The fraction of sp³-hybridized carbons (Fsp3) is 1.00. The highest BCUT2D eigenvalue weighted by molar-refractivity contribution is 4.91. The van der Waals surface area contributed by atoms with Gasteiger partial charge in [-0.05, 0) is 6.42 Å². The lowest BCUT2D eigenvalue weighted by Gasteiger charge is -2.38. The van der Waals surface area contributed by atoms with Crippen LogP contribution in [0.1, 0.15) is 45.4 Å². The molecule has 4 N–H and O–H groups in total. The summed E-state index contributed by atoms with van der Waals surface area (Å²) < 4.78 is 0. The monoisotopic (exact) mass is 245 g/mol. The third-order valence-electron chi connectivity index (χ3n) is 3.77. The summed E-state index contributed by atoms with van der Waals surface area (Å²) in [4.78, 5) is 0. The summed E-state index contributed by atoms with van der Waals surface area (Å²) in [5.74, 6) is -0.232. The number of unbranched alkanes of at least 4 members (excludes halogenated alkanes) is 4. The molecule has 0 aromatic carbocycles. The van der Waals surface area contributed by atoms with Gasteiger partial charge in [0.25, 0.3) is 0 Å². The minimum atomic E-state index is -0.790. The van der Waals surface area contributed by atoms with E-state index in [1.165, 1.54) is 25.7 Å². The molecule has 0 amide bonds. The maximum atomic E-state index is 9.80. The van der Waals surface area contributed by atoms with E-state index in [0.29, 0.717) is 6.54 Å². The number of β-amino-alcohol motifs (C(OH)–C–C–N with tert-alkyl or cyclic N) is 1. The number of nitrogens with one attached hydrogen (secondary N) is 1. The molecule has 0 radical (unpaired) electrons. The molecule has 4 nitrogen and oxygen atoms in total. The molecule has 1 rings (SSSR count). The second-order valence-electron chi connectivity index (χ2n) is 5.12. The maximum absolute atomic E-state index is 9.80. The van der Waals surface area contributed by atoms with Gasteiger partial charge in [-0.25, -0.2) is 0 Å². The van der Waals surface area contributed by atoms with Crippen molar-refractivity contribution in [1.82, 2.24) is 5.32 Å². The summed E-state index contributed by atoms with van der Waals surface area (Å²) in [5, 5.41) is 31.8. The van der Waals surface area contributed by atoms with Crippen LogP contribution in [0.3, 0.4) is 0 Å². The molecule has 0 aromatic heterocycles.